The van der Waals surface area contributed by atoms with Gasteiger partial charge in [-0.3, -0.25) is 5.10 Å². The van der Waals surface area contributed by atoms with Crippen LogP contribution in [0.15, 0.2) is 6.07 Å². The molecule has 0 aromatic carbocycles. The molecule has 0 aliphatic heterocycles. The van der Waals surface area contributed by atoms with Crippen LogP contribution in [0.25, 0.3) is 0 Å². The highest BCUT2D eigenvalue weighted by Gasteiger charge is 2.02. The van der Waals surface area contributed by atoms with Gasteiger partial charge in [0.1, 0.15) is 0 Å². The van der Waals surface area contributed by atoms with Gasteiger partial charge in [-0.05, 0) is 18.4 Å². The molecule has 1 radical (unpaired) electrons. The number of aromatic amines is 1. The average molecular weight is 123 g/mol. The van der Waals surface area contributed by atoms with E-state index in [0.29, 0.717) is 5.92 Å². The Labute approximate surface area is 55.3 Å². The molecular formula is C7H11N2. The van der Waals surface area contributed by atoms with E-state index in [2.05, 4.69) is 30.2 Å². The van der Waals surface area contributed by atoms with Crippen LogP contribution in [0, 0.1) is 6.20 Å². The smallest absolute Gasteiger partial charge is 0.0831 e. The van der Waals surface area contributed by atoms with Crippen LogP contribution >= 0.6 is 0 Å². The second-order valence-corrected chi connectivity index (χ2v) is 2.25. The summed E-state index contributed by atoms with van der Waals surface area (Å²) in [6.07, 6.45) is 3.95. The van der Waals surface area contributed by atoms with Crippen LogP contribution in [-0.2, 0) is 0 Å². The molecule has 1 N–H and O–H groups in total. The van der Waals surface area contributed by atoms with Crippen molar-refractivity contribution in [2.24, 2.45) is 0 Å². The van der Waals surface area contributed by atoms with Crippen molar-refractivity contribution in [1.82, 2.24) is 10.2 Å². The first-order valence-electron chi connectivity index (χ1n) is 3.26. The lowest BCUT2D eigenvalue weighted by molar-refractivity contribution is 0.703. The van der Waals surface area contributed by atoms with E-state index in [1.54, 1.807) is 0 Å². The van der Waals surface area contributed by atoms with Gasteiger partial charge >= 0.3 is 0 Å². The molecule has 0 saturated heterocycles. The zero-order valence-corrected chi connectivity index (χ0v) is 5.81. The molecule has 1 aromatic rings. The minimum absolute atomic E-state index is 0.562. The third-order valence-electron chi connectivity index (χ3n) is 1.59. The second kappa shape index (κ2) is 2.67. The van der Waals surface area contributed by atoms with Crippen molar-refractivity contribution < 1.29 is 0 Å². The lowest BCUT2D eigenvalue weighted by Crippen LogP contribution is -1.90. The Morgan fingerprint density at radius 2 is 2.67 bits per heavy atom. The molecule has 0 aliphatic rings. The Morgan fingerprint density at radius 1 is 1.89 bits per heavy atom. The van der Waals surface area contributed by atoms with E-state index >= 15 is 0 Å². The molecule has 0 saturated carbocycles. The summed E-state index contributed by atoms with van der Waals surface area (Å²) < 4.78 is 0. The molecule has 1 aromatic heterocycles. The first kappa shape index (κ1) is 6.33. The fourth-order valence-electron chi connectivity index (χ4n) is 0.697. The van der Waals surface area contributed by atoms with Gasteiger partial charge in [0.25, 0.3) is 0 Å². The Balaban J connectivity index is 2.65. The highest BCUT2D eigenvalue weighted by molar-refractivity contribution is 5.02. The molecule has 0 aliphatic carbocycles. The third kappa shape index (κ3) is 1.31. The highest BCUT2D eigenvalue weighted by atomic mass is 15.1. The Hall–Kier alpha value is -0.790. The fraction of sp³-hybridized carbons (Fsp3) is 0.571. The molecule has 9 heavy (non-hydrogen) atoms. The van der Waals surface area contributed by atoms with Gasteiger partial charge < -0.3 is 0 Å². The summed E-state index contributed by atoms with van der Waals surface area (Å²) in [5.41, 5.74) is 1.11. The number of rotatable bonds is 2. The van der Waals surface area contributed by atoms with E-state index in [-0.39, 0.29) is 0 Å². The van der Waals surface area contributed by atoms with Crippen molar-refractivity contribution in [1.29, 1.82) is 0 Å². The number of nitrogens with one attached hydrogen (secondary N) is 1. The molecule has 0 bridgehead atoms. The predicted octanol–water partition coefficient (Wildman–Crippen LogP) is 1.72. The van der Waals surface area contributed by atoms with Crippen molar-refractivity contribution in [3.05, 3.63) is 18.0 Å². The van der Waals surface area contributed by atoms with Crippen LogP contribution in [0.3, 0.4) is 0 Å². The molecular weight excluding hydrogens is 112 g/mol. The largest absolute Gasteiger partial charge is 0.276 e. The summed E-state index contributed by atoms with van der Waals surface area (Å²) in [5, 5.41) is 6.68. The van der Waals surface area contributed by atoms with Crippen LogP contribution in [0.1, 0.15) is 31.9 Å². The lowest BCUT2D eigenvalue weighted by Gasteiger charge is -2.00. The average Bonchev–Trinajstić information content (AvgIpc) is 2.37. The molecule has 0 fully saturated rings. The van der Waals surface area contributed by atoms with E-state index in [4.69, 9.17) is 0 Å². The van der Waals surface area contributed by atoms with Crippen LogP contribution in [0.5, 0.6) is 0 Å². The zero-order chi connectivity index (χ0) is 6.69. The summed E-state index contributed by atoms with van der Waals surface area (Å²) in [5.74, 6) is 0.562. The minimum atomic E-state index is 0.562. The monoisotopic (exact) mass is 123 g/mol. The van der Waals surface area contributed by atoms with Crippen molar-refractivity contribution in [3.63, 3.8) is 0 Å². The molecule has 1 heterocycles. The molecule has 49 valence electrons. The van der Waals surface area contributed by atoms with Gasteiger partial charge in [0.05, 0.1) is 11.9 Å². The molecule has 0 spiro atoms. The van der Waals surface area contributed by atoms with Crippen molar-refractivity contribution in [2.45, 2.75) is 26.2 Å². The number of H-pyrrole nitrogens is 1. The number of hydrogen-bond donors (Lipinski definition) is 1. The lowest BCUT2D eigenvalue weighted by atomic mass is 10.1. The molecule has 1 unspecified atom stereocenters. The maximum absolute atomic E-state index is 4.01. The van der Waals surface area contributed by atoms with Gasteiger partial charge in [-0.1, -0.05) is 13.8 Å². The maximum atomic E-state index is 4.01. The molecule has 2 nitrogen and oxygen atoms in total. The summed E-state index contributed by atoms with van der Waals surface area (Å²) in [6.45, 7) is 4.31. The minimum Gasteiger partial charge on any atom is -0.276 e. The van der Waals surface area contributed by atoms with Gasteiger partial charge in [0.2, 0.25) is 0 Å². The Bertz CT molecular complexity index is 155. The summed E-state index contributed by atoms with van der Waals surface area (Å²) in [6, 6.07) is 1.90. The van der Waals surface area contributed by atoms with Gasteiger partial charge in [0.15, 0.2) is 0 Å². The SMILES string of the molecule is CCC(C)c1c[c][nH]n1. The maximum Gasteiger partial charge on any atom is 0.0831 e. The molecule has 1 atom stereocenters. The quantitative estimate of drug-likeness (QED) is 0.637. The van der Waals surface area contributed by atoms with E-state index in [1.807, 2.05) is 6.07 Å². The Kier molecular flexibility index (Phi) is 1.88. The normalized spacial score (nSPS) is 13.6. The first-order chi connectivity index (χ1) is 4.34. The molecule has 1 rings (SSSR count). The van der Waals surface area contributed by atoms with Crippen LogP contribution in [0.2, 0.25) is 0 Å². The number of aromatic nitrogens is 2. The molecule has 0 amide bonds. The topological polar surface area (TPSA) is 28.7 Å². The van der Waals surface area contributed by atoms with Crippen LogP contribution in [-0.4, -0.2) is 10.2 Å². The van der Waals surface area contributed by atoms with Gasteiger partial charge in [-0.2, -0.15) is 5.10 Å². The van der Waals surface area contributed by atoms with E-state index in [0.717, 1.165) is 12.1 Å². The van der Waals surface area contributed by atoms with E-state index in [9.17, 15) is 0 Å². The predicted molar refractivity (Wildman–Crippen MR) is 36.1 cm³/mol. The molecule has 2 heteroatoms. The van der Waals surface area contributed by atoms with Gasteiger partial charge in [-0.25, -0.2) is 0 Å². The zero-order valence-electron chi connectivity index (χ0n) is 5.81. The standard InChI is InChI=1S/C7H11N2/c1-3-6(2)7-4-5-8-9-7/h4,6H,3H2,1-2H3,(H,8,9). The Morgan fingerprint density at radius 3 is 3.11 bits per heavy atom. The van der Waals surface area contributed by atoms with Crippen molar-refractivity contribution >= 4 is 0 Å². The summed E-state index contributed by atoms with van der Waals surface area (Å²) in [7, 11) is 0. The van der Waals surface area contributed by atoms with Crippen molar-refractivity contribution in [3.8, 4) is 0 Å². The second-order valence-electron chi connectivity index (χ2n) is 2.25. The van der Waals surface area contributed by atoms with E-state index < -0.39 is 0 Å². The first-order valence-corrected chi connectivity index (χ1v) is 3.26. The van der Waals surface area contributed by atoms with Gasteiger partial charge in [-0.15, -0.1) is 0 Å². The third-order valence-corrected chi connectivity index (χ3v) is 1.59. The van der Waals surface area contributed by atoms with Gasteiger partial charge in [0, 0.05) is 0 Å². The highest BCUT2D eigenvalue weighted by Crippen LogP contribution is 2.13. The summed E-state index contributed by atoms with van der Waals surface area (Å²) >= 11 is 0. The van der Waals surface area contributed by atoms with Crippen molar-refractivity contribution in [2.75, 3.05) is 0 Å². The number of nitrogens with zero attached hydrogens (tertiary/aromatic N) is 1. The van der Waals surface area contributed by atoms with E-state index in [1.165, 1.54) is 0 Å². The summed E-state index contributed by atoms with van der Waals surface area (Å²) in [4.78, 5) is 0. The number of hydrogen-bond acceptors (Lipinski definition) is 1. The van der Waals surface area contributed by atoms with Crippen LogP contribution < -0.4 is 0 Å². The van der Waals surface area contributed by atoms with Crippen LogP contribution in [0.4, 0.5) is 0 Å². The fourth-order valence-corrected chi connectivity index (χ4v) is 0.697.